The van der Waals surface area contributed by atoms with E-state index in [1.807, 2.05) is 22.9 Å². The largest absolute Gasteiger partial charge is 0.397 e. The van der Waals surface area contributed by atoms with Crippen molar-refractivity contribution in [1.29, 1.82) is 0 Å². The fraction of sp³-hybridized carbons (Fsp3) is 0. The number of benzene rings is 1. The summed E-state index contributed by atoms with van der Waals surface area (Å²) in [5, 5.41) is 0. The van der Waals surface area contributed by atoms with E-state index >= 15 is 0 Å². The molecule has 6 heteroatoms. The van der Waals surface area contributed by atoms with Crippen LogP contribution in [0.15, 0.2) is 18.2 Å². The molecule has 0 radical (unpaired) electrons. The van der Waals surface area contributed by atoms with E-state index in [1.165, 1.54) is 12.1 Å². The zero-order chi connectivity index (χ0) is 10.7. The Labute approximate surface area is 94.3 Å². The number of hydrogen-bond acceptors (Lipinski definition) is 4. The van der Waals surface area contributed by atoms with Gasteiger partial charge in [0.25, 0.3) is 5.91 Å². The number of Topliss-reactive ketones (excluding diaryl/α,β-unsaturated/α-hetero) is 1. The Morgan fingerprint density at radius 2 is 2.00 bits per heavy atom. The van der Waals surface area contributed by atoms with E-state index in [0.29, 0.717) is 11.4 Å². The van der Waals surface area contributed by atoms with Crippen LogP contribution in [0.2, 0.25) is 0 Å². The lowest BCUT2D eigenvalue weighted by Crippen LogP contribution is -2.23. The number of amides is 1. The molecule has 1 amide bonds. The minimum Gasteiger partial charge on any atom is -0.397 e. The van der Waals surface area contributed by atoms with E-state index in [-0.39, 0.29) is 5.56 Å². The van der Waals surface area contributed by atoms with Crippen LogP contribution in [0.3, 0.4) is 0 Å². The Hall–Kier alpha value is -1.31. The summed E-state index contributed by atoms with van der Waals surface area (Å²) in [5.41, 5.74) is 11.7. The van der Waals surface area contributed by atoms with Gasteiger partial charge in [0.15, 0.2) is 0 Å². The number of nitrogens with one attached hydrogen (secondary N) is 1. The molecule has 0 bridgehead atoms. The fourth-order valence-corrected chi connectivity index (χ4v) is 1.42. The lowest BCUT2D eigenvalue weighted by Gasteiger charge is -2.04. The van der Waals surface area contributed by atoms with Crippen LogP contribution in [0, 0.1) is 0 Å². The Bertz CT molecular complexity index is 392. The van der Waals surface area contributed by atoms with Gasteiger partial charge in [-0.3, -0.25) is 9.59 Å². The SMILES string of the molecule is NC(=O)C(=O)c1ccc(NI)c(N)c1. The van der Waals surface area contributed by atoms with E-state index in [0.717, 1.165) is 0 Å². The highest BCUT2D eigenvalue weighted by atomic mass is 127. The first-order valence-corrected chi connectivity index (χ1v) is 4.74. The van der Waals surface area contributed by atoms with Crippen molar-refractivity contribution in [2.75, 3.05) is 9.26 Å². The minimum atomic E-state index is -0.986. The number of rotatable bonds is 3. The molecule has 0 saturated heterocycles. The molecule has 0 heterocycles. The lowest BCUT2D eigenvalue weighted by atomic mass is 10.1. The molecular weight excluding hydrogens is 297 g/mol. The summed E-state index contributed by atoms with van der Waals surface area (Å²) in [5.74, 6) is -1.73. The summed E-state index contributed by atoms with van der Waals surface area (Å²) < 4.78 is 2.81. The summed E-state index contributed by atoms with van der Waals surface area (Å²) in [6.07, 6.45) is 0. The molecule has 0 fully saturated rings. The maximum atomic E-state index is 11.1. The fourth-order valence-electron chi connectivity index (χ4n) is 0.932. The second-order valence-corrected chi connectivity index (χ2v) is 3.13. The predicted molar refractivity (Wildman–Crippen MR) is 62.0 cm³/mol. The molecule has 0 aliphatic heterocycles. The van der Waals surface area contributed by atoms with Gasteiger partial charge in [-0.15, -0.1) is 0 Å². The van der Waals surface area contributed by atoms with E-state index in [9.17, 15) is 9.59 Å². The van der Waals surface area contributed by atoms with Gasteiger partial charge < -0.3 is 15.0 Å². The third-order valence-corrected chi connectivity index (χ3v) is 2.22. The van der Waals surface area contributed by atoms with Gasteiger partial charge in [-0.2, -0.15) is 0 Å². The summed E-state index contributed by atoms with van der Waals surface area (Å²) in [6, 6.07) is 4.51. The lowest BCUT2D eigenvalue weighted by molar-refractivity contribution is -0.114. The number of hydrogen-bond donors (Lipinski definition) is 3. The van der Waals surface area contributed by atoms with E-state index in [2.05, 4.69) is 3.53 Å². The standard InChI is InChI=1S/C8H8IN3O2/c9-12-6-2-1-4(3-5(6)10)7(13)8(11)14/h1-3,12H,10H2,(H2,11,14). The molecule has 0 unspecified atom stereocenters. The molecule has 5 N–H and O–H groups in total. The summed E-state index contributed by atoms with van der Waals surface area (Å²) in [6.45, 7) is 0. The molecule has 0 aliphatic carbocycles. The zero-order valence-corrected chi connectivity index (χ0v) is 9.24. The molecule has 5 nitrogen and oxygen atoms in total. The maximum Gasteiger partial charge on any atom is 0.289 e. The van der Waals surface area contributed by atoms with Crippen molar-refractivity contribution in [3.63, 3.8) is 0 Å². The average Bonchev–Trinajstić information content (AvgIpc) is 2.16. The van der Waals surface area contributed by atoms with Gasteiger partial charge >= 0.3 is 0 Å². The molecule has 0 aromatic heterocycles. The van der Waals surface area contributed by atoms with Gasteiger partial charge in [0, 0.05) is 5.56 Å². The first kappa shape index (κ1) is 10.8. The van der Waals surface area contributed by atoms with Gasteiger partial charge in [0.05, 0.1) is 34.2 Å². The van der Waals surface area contributed by atoms with Crippen molar-refractivity contribution in [2.24, 2.45) is 5.73 Å². The van der Waals surface area contributed by atoms with Gasteiger partial charge in [0.2, 0.25) is 5.78 Å². The third kappa shape index (κ3) is 2.13. The Morgan fingerprint density at radius 3 is 2.43 bits per heavy atom. The van der Waals surface area contributed by atoms with Crippen molar-refractivity contribution in [1.82, 2.24) is 0 Å². The van der Waals surface area contributed by atoms with Gasteiger partial charge in [-0.05, 0) is 18.2 Å². The number of carbonyl (C=O) groups is 2. The molecule has 14 heavy (non-hydrogen) atoms. The molecule has 0 atom stereocenters. The molecule has 0 saturated carbocycles. The number of nitrogen functional groups attached to an aromatic ring is 1. The zero-order valence-electron chi connectivity index (χ0n) is 7.08. The quantitative estimate of drug-likeness (QED) is 0.252. The Balaban J connectivity index is 3.09. The average molecular weight is 305 g/mol. The molecule has 0 aliphatic rings. The third-order valence-electron chi connectivity index (χ3n) is 1.64. The molecule has 1 aromatic rings. The van der Waals surface area contributed by atoms with Crippen molar-refractivity contribution >= 4 is 45.9 Å². The second-order valence-electron chi connectivity index (χ2n) is 2.59. The Kier molecular flexibility index (Phi) is 3.28. The highest BCUT2D eigenvalue weighted by molar-refractivity contribution is 14.1. The molecule has 1 rings (SSSR count). The highest BCUT2D eigenvalue weighted by Gasteiger charge is 2.12. The van der Waals surface area contributed by atoms with E-state index in [4.69, 9.17) is 11.5 Å². The van der Waals surface area contributed by atoms with Crippen LogP contribution >= 0.6 is 22.9 Å². The molecule has 1 aromatic carbocycles. The number of nitrogens with two attached hydrogens (primary N) is 2. The number of ketones is 1. The van der Waals surface area contributed by atoms with Gasteiger partial charge in [-0.25, -0.2) is 0 Å². The molecular formula is C8H8IN3O2. The van der Waals surface area contributed by atoms with Crippen molar-refractivity contribution < 1.29 is 9.59 Å². The van der Waals surface area contributed by atoms with Crippen LogP contribution < -0.4 is 15.0 Å². The van der Waals surface area contributed by atoms with Crippen molar-refractivity contribution in [2.45, 2.75) is 0 Å². The number of carbonyl (C=O) groups excluding carboxylic acids is 2. The minimum absolute atomic E-state index is 0.199. The van der Waals surface area contributed by atoms with Crippen LogP contribution in [-0.4, -0.2) is 11.7 Å². The topological polar surface area (TPSA) is 98.2 Å². The summed E-state index contributed by atoms with van der Waals surface area (Å²) in [4.78, 5) is 21.7. The van der Waals surface area contributed by atoms with Crippen LogP contribution in [0.4, 0.5) is 11.4 Å². The predicted octanol–water partition coefficient (Wildman–Crippen LogP) is 0.699. The first-order chi connectivity index (χ1) is 6.56. The van der Waals surface area contributed by atoms with Crippen molar-refractivity contribution in [3.8, 4) is 0 Å². The monoisotopic (exact) mass is 305 g/mol. The van der Waals surface area contributed by atoms with E-state index in [1.54, 1.807) is 6.07 Å². The van der Waals surface area contributed by atoms with Gasteiger partial charge in [-0.1, -0.05) is 0 Å². The molecule has 0 spiro atoms. The highest BCUT2D eigenvalue weighted by Crippen LogP contribution is 2.21. The number of halogens is 1. The normalized spacial score (nSPS) is 9.50. The van der Waals surface area contributed by atoms with Crippen molar-refractivity contribution in [3.05, 3.63) is 23.8 Å². The number of primary amides is 1. The molecule has 74 valence electrons. The van der Waals surface area contributed by atoms with Gasteiger partial charge in [0.1, 0.15) is 0 Å². The Morgan fingerprint density at radius 1 is 1.36 bits per heavy atom. The van der Waals surface area contributed by atoms with E-state index < -0.39 is 11.7 Å². The van der Waals surface area contributed by atoms with Crippen LogP contribution in [-0.2, 0) is 4.79 Å². The summed E-state index contributed by atoms with van der Waals surface area (Å²) >= 11 is 1.91. The second kappa shape index (κ2) is 4.27. The van der Waals surface area contributed by atoms with Crippen LogP contribution in [0.1, 0.15) is 10.4 Å². The smallest absolute Gasteiger partial charge is 0.289 e. The van der Waals surface area contributed by atoms with Crippen LogP contribution in [0.5, 0.6) is 0 Å². The van der Waals surface area contributed by atoms with Crippen LogP contribution in [0.25, 0.3) is 0 Å². The maximum absolute atomic E-state index is 11.1. The first-order valence-electron chi connectivity index (χ1n) is 3.66. The number of anilines is 2. The summed E-state index contributed by atoms with van der Waals surface area (Å²) in [7, 11) is 0.